The van der Waals surface area contributed by atoms with Gasteiger partial charge in [0.1, 0.15) is 12.4 Å². The Morgan fingerprint density at radius 3 is 2.46 bits per heavy atom. The van der Waals surface area contributed by atoms with Gasteiger partial charge in [0.05, 0.1) is 12.5 Å². The second kappa shape index (κ2) is 11.5. The summed E-state index contributed by atoms with van der Waals surface area (Å²) in [6.45, 7) is 8.14. The summed E-state index contributed by atoms with van der Waals surface area (Å²) < 4.78 is 11.3. The van der Waals surface area contributed by atoms with E-state index in [0.29, 0.717) is 12.5 Å². The van der Waals surface area contributed by atoms with Crippen LogP contribution in [0.2, 0.25) is 0 Å². The van der Waals surface area contributed by atoms with E-state index in [2.05, 4.69) is 31.3 Å². The van der Waals surface area contributed by atoms with Gasteiger partial charge in [-0.2, -0.15) is 0 Å². The Labute approximate surface area is 169 Å². The maximum absolute atomic E-state index is 12.4. The third-order valence-electron chi connectivity index (χ3n) is 4.60. The monoisotopic (exact) mass is 383 g/mol. The maximum atomic E-state index is 12.4. The van der Waals surface area contributed by atoms with Gasteiger partial charge in [0.15, 0.2) is 0 Å². The third-order valence-corrected chi connectivity index (χ3v) is 4.60. The molecule has 2 rings (SSSR count). The molecule has 28 heavy (non-hydrogen) atoms. The predicted molar refractivity (Wildman–Crippen MR) is 114 cm³/mol. The molecule has 0 saturated carbocycles. The van der Waals surface area contributed by atoms with Gasteiger partial charge in [0.25, 0.3) is 0 Å². The van der Waals surface area contributed by atoms with Gasteiger partial charge in [0, 0.05) is 0 Å². The van der Waals surface area contributed by atoms with Crippen LogP contribution in [-0.2, 0) is 22.6 Å². The third kappa shape index (κ3) is 7.35. The summed E-state index contributed by atoms with van der Waals surface area (Å²) >= 11 is 0. The molecule has 0 spiro atoms. The molecule has 0 aromatic heterocycles. The molecule has 4 nitrogen and oxygen atoms in total. The number of rotatable bonds is 11. The maximum Gasteiger partial charge on any atom is 0.313 e. The minimum Gasteiger partial charge on any atom is -0.494 e. The summed E-state index contributed by atoms with van der Waals surface area (Å²) in [7, 11) is 1.93. The molecule has 0 heterocycles. The minimum atomic E-state index is -0.283. The van der Waals surface area contributed by atoms with Crippen LogP contribution in [0.5, 0.6) is 5.75 Å². The zero-order valence-corrected chi connectivity index (χ0v) is 17.5. The van der Waals surface area contributed by atoms with Gasteiger partial charge >= 0.3 is 5.97 Å². The van der Waals surface area contributed by atoms with Crippen LogP contribution < -0.4 is 10.1 Å². The van der Waals surface area contributed by atoms with E-state index in [9.17, 15) is 4.79 Å². The lowest BCUT2D eigenvalue weighted by molar-refractivity contribution is -0.146. The van der Waals surface area contributed by atoms with Crippen LogP contribution in [0.4, 0.5) is 0 Å². The van der Waals surface area contributed by atoms with Crippen LogP contribution in [-0.4, -0.2) is 26.2 Å². The molecule has 1 unspecified atom stereocenters. The zero-order valence-electron chi connectivity index (χ0n) is 17.5. The lowest BCUT2D eigenvalue weighted by Gasteiger charge is -2.13. The first-order valence-corrected chi connectivity index (χ1v) is 10.1. The summed E-state index contributed by atoms with van der Waals surface area (Å²) in [5.74, 6) is 0.931. The van der Waals surface area contributed by atoms with Crippen molar-refractivity contribution in [1.29, 1.82) is 0 Å². The highest BCUT2D eigenvalue weighted by molar-refractivity contribution is 5.77. The molecule has 0 radical (unpaired) electrons. The Morgan fingerprint density at radius 2 is 1.79 bits per heavy atom. The summed E-state index contributed by atoms with van der Waals surface area (Å²) in [5, 5.41) is 3.10. The summed E-state index contributed by atoms with van der Waals surface area (Å²) in [6, 6.07) is 16.0. The number of nitrogens with one attached hydrogen (secondary N) is 1. The molecule has 4 heteroatoms. The average Bonchev–Trinajstić information content (AvgIpc) is 2.69. The van der Waals surface area contributed by atoms with Gasteiger partial charge in [0.2, 0.25) is 0 Å². The molecule has 0 fully saturated rings. The van der Waals surface area contributed by atoms with Gasteiger partial charge in [-0.05, 0) is 68.1 Å². The summed E-state index contributed by atoms with van der Waals surface area (Å²) in [6.07, 6.45) is 2.00. The quantitative estimate of drug-likeness (QED) is 0.450. The second-order valence-electron chi connectivity index (χ2n) is 7.62. The number of carbonyl (C=O) groups is 1. The van der Waals surface area contributed by atoms with Crippen molar-refractivity contribution in [3.8, 4) is 5.75 Å². The van der Waals surface area contributed by atoms with Gasteiger partial charge in [-0.1, -0.05) is 50.2 Å². The van der Waals surface area contributed by atoms with Crippen LogP contribution >= 0.6 is 0 Å². The standard InChI is InChI=1S/C24H33NO3/c1-18(2)15-20-9-11-22(12-10-20)19(3)24(26)28-17-21-7-5-8-23(16-21)27-14-6-13-25-4/h5,7-12,16,18-19,25H,6,13-15,17H2,1-4H3. The fourth-order valence-corrected chi connectivity index (χ4v) is 2.99. The zero-order chi connectivity index (χ0) is 20.4. The Morgan fingerprint density at radius 1 is 1.04 bits per heavy atom. The first kappa shape index (κ1) is 22.0. The number of ether oxygens (including phenoxy) is 2. The van der Waals surface area contributed by atoms with Gasteiger partial charge in [-0.3, -0.25) is 4.79 Å². The molecule has 1 N–H and O–H groups in total. The number of benzene rings is 2. The predicted octanol–water partition coefficient (Wildman–Crippen LogP) is 4.72. The summed E-state index contributed by atoms with van der Waals surface area (Å²) in [4.78, 5) is 12.4. The van der Waals surface area contributed by atoms with E-state index < -0.39 is 0 Å². The van der Waals surface area contributed by atoms with Crippen LogP contribution in [0.25, 0.3) is 0 Å². The van der Waals surface area contributed by atoms with E-state index in [0.717, 1.165) is 36.3 Å². The van der Waals surface area contributed by atoms with Crippen molar-refractivity contribution in [2.24, 2.45) is 5.92 Å². The first-order valence-electron chi connectivity index (χ1n) is 10.1. The Kier molecular flexibility index (Phi) is 9.02. The Bertz CT molecular complexity index is 725. The summed E-state index contributed by atoms with van der Waals surface area (Å²) in [5.41, 5.74) is 3.21. The van der Waals surface area contributed by atoms with Crippen LogP contribution in [0.3, 0.4) is 0 Å². The lowest BCUT2D eigenvalue weighted by atomic mass is 9.97. The second-order valence-corrected chi connectivity index (χ2v) is 7.62. The molecule has 0 aliphatic carbocycles. The highest BCUT2D eigenvalue weighted by Gasteiger charge is 2.17. The van der Waals surface area contributed by atoms with E-state index >= 15 is 0 Å². The van der Waals surface area contributed by atoms with Gasteiger partial charge in [-0.15, -0.1) is 0 Å². The largest absolute Gasteiger partial charge is 0.494 e. The fourth-order valence-electron chi connectivity index (χ4n) is 2.99. The number of carbonyl (C=O) groups excluding carboxylic acids is 1. The normalized spacial score (nSPS) is 12.0. The molecule has 0 bridgehead atoms. The van der Waals surface area contributed by atoms with E-state index in [1.807, 2.05) is 50.4 Å². The average molecular weight is 384 g/mol. The van der Waals surface area contributed by atoms with Crippen molar-refractivity contribution in [1.82, 2.24) is 5.32 Å². The Hall–Kier alpha value is -2.33. The van der Waals surface area contributed by atoms with Crippen molar-refractivity contribution in [3.05, 3.63) is 65.2 Å². The SMILES string of the molecule is CNCCCOc1cccc(COC(=O)C(C)c2ccc(CC(C)C)cc2)c1. The molecular weight excluding hydrogens is 350 g/mol. The molecular formula is C24H33NO3. The Balaban J connectivity index is 1.85. The minimum absolute atomic E-state index is 0.211. The smallest absolute Gasteiger partial charge is 0.313 e. The lowest BCUT2D eigenvalue weighted by Crippen LogP contribution is -2.13. The molecule has 0 aliphatic heterocycles. The topological polar surface area (TPSA) is 47.6 Å². The highest BCUT2D eigenvalue weighted by atomic mass is 16.5. The van der Waals surface area contributed by atoms with Crippen LogP contribution in [0.15, 0.2) is 48.5 Å². The van der Waals surface area contributed by atoms with Crippen molar-refractivity contribution in [3.63, 3.8) is 0 Å². The molecule has 1 atom stereocenters. The highest BCUT2D eigenvalue weighted by Crippen LogP contribution is 2.20. The van der Waals surface area contributed by atoms with Gasteiger partial charge < -0.3 is 14.8 Å². The first-order chi connectivity index (χ1) is 13.5. The van der Waals surface area contributed by atoms with Crippen molar-refractivity contribution in [2.75, 3.05) is 20.2 Å². The number of hydrogen-bond acceptors (Lipinski definition) is 4. The van der Waals surface area contributed by atoms with Crippen molar-refractivity contribution in [2.45, 2.75) is 46.1 Å². The van der Waals surface area contributed by atoms with Crippen LogP contribution in [0.1, 0.15) is 49.8 Å². The van der Waals surface area contributed by atoms with Gasteiger partial charge in [-0.25, -0.2) is 0 Å². The molecule has 2 aromatic rings. The number of esters is 1. The molecule has 0 saturated heterocycles. The van der Waals surface area contributed by atoms with Crippen molar-refractivity contribution >= 4 is 5.97 Å². The number of hydrogen-bond donors (Lipinski definition) is 1. The van der Waals surface area contributed by atoms with Crippen molar-refractivity contribution < 1.29 is 14.3 Å². The van der Waals surface area contributed by atoms with E-state index in [1.165, 1.54) is 5.56 Å². The van der Waals surface area contributed by atoms with E-state index in [4.69, 9.17) is 9.47 Å². The van der Waals surface area contributed by atoms with Crippen LogP contribution in [0, 0.1) is 5.92 Å². The molecule has 0 amide bonds. The molecule has 152 valence electrons. The van der Waals surface area contributed by atoms with E-state index in [-0.39, 0.29) is 18.5 Å². The molecule has 2 aromatic carbocycles. The fraction of sp³-hybridized carbons (Fsp3) is 0.458. The van der Waals surface area contributed by atoms with E-state index in [1.54, 1.807) is 0 Å². The molecule has 0 aliphatic rings.